The number of aryl methyl sites for hydroxylation is 2. The van der Waals surface area contributed by atoms with Gasteiger partial charge in [0.25, 0.3) is 5.91 Å². The van der Waals surface area contributed by atoms with Crippen LogP contribution in [0.3, 0.4) is 0 Å². The van der Waals surface area contributed by atoms with Gasteiger partial charge in [-0.2, -0.15) is 0 Å². The van der Waals surface area contributed by atoms with Crippen molar-refractivity contribution in [3.05, 3.63) is 29.3 Å². The van der Waals surface area contributed by atoms with Crippen LogP contribution in [0.2, 0.25) is 0 Å². The Hall–Kier alpha value is -2.04. The predicted molar refractivity (Wildman–Crippen MR) is 76.3 cm³/mol. The zero-order chi connectivity index (χ0) is 14.8. The van der Waals surface area contributed by atoms with Crippen molar-refractivity contribution in [2.24, 2.45) is 5.92 Å². The largest absolute Gasteiger partial charge is 0.484 e. The molecule has 1 saturated heterocycles. The molecule has 3 rings (SSSR count). The van der Waals surface area contributed by atoms with E-state index in [0.29, 0.717) is 19.5 Å². The summed E-state index contributed by atoms with van der Waals surface area (Å²) < 4.78 is 5.56. The second kappa shape index (κ2) is 5.76. The highest BCUT2D eigenvalue weighted by molar-refractivity contribution is 5.80. The van der Waals surface area contributed by atoms with Gasteiger partial charge in [-0.3, -0.25) is 9.59 Å². The molecule has 0 aromatic heterocycles. The third kappa shape index (κ3) is 3.01. The summed E-state index contributed by atoms with van der Waals surface area (Å²) in [5.41, 5.74) is 2.68. The summed E-state index contributed by atoms with van der Waals surface area (Å²) in [6.45, 7) is 0.774. The van der Waals surface area contributed by atoms with Gasteiger partial charge in [-0.05, 0) is 48.9 Å². The molecule has 5 nitrogen and oxygen atoms in total. The van der Waals surface area contributed by atoms with Crippen molar-refractivity contribution in [2.45, 2.75) is 25.7 Å². The van der Waals surface area contributed by atoms with Crippen molar-refractivity contribution in [3.8, 4) is 5.75 Å². The van der Waals surface area contributed by atoms with Gasteiger partial charge in [0.1, 0.15) is 5.75 Å². The minimum Gasteiger partial charge on any atom is -0.484 e. The Morgan fingerprint density at radius 3 is 2.86 bits per heavy atom. The molecule has 5 heteroatoms. The molecular weight excluding hydrogens is 270 g/mol. The van der Waals surface area contributed by atoms with Crippen molar-refractivity contribution in [3.63, 3.8) is 0 Å². The molecule has 21 heavy (non-hydrogen) atoms. The van der Waals surface area contributed by atoms with Gasteiger partial charge in [0.2, 0.25) is 0 Å². The Kier molecular flexibility index (Phi) is 3.82. The third-order valence-corrected chi connectivity index (χ3v) is 4.32. The summed E-state index contributed by atoms with van der Waals surface area (Å²) >= 11 is 0. The highest BCUT2D eigenvalue weighted by Crippen LogP contribution is 2.26. The van der Waals surface area contributed by atoms with E-state index >= 15 is 0 Å². The van der Waals surface area contributed by atoms with E-state index in [0.717, 1.165) is 18.6 Å². The van der Waals surface area contributed by atoms with Gasteiger partial charge in [0.05, 0.1) is 5.92 Å². The maximum absolute atomic E-state index is 12.0. The molecule has 1 amide bonds. The van der Waals surface area contributed by atoms with Crippen LogP contribution in [0.1, 0.15) is 24.0 Å². The lowest BCUT2D eigenvalue weighted by Crippen LogP contribution is -2.33. The number of carbonyl (C=O) groups is 2. The number of likely N-dealkylation sites (tertiary alicyclic amines) is 1. The predicted octanol–water partition coefficient (Wildman–Crippen LogP) is 1.49. The smallest absolute Gasteiger partial charge is 0.308 e. The average molecular weight is 289 g/mol. The fraction of sp³-hybridized carbons (Fsp3) is 0.500. The molecule has 0 radical (unpaired) electrons. The number of amides is 1. The van der Waals surface area contributed by atoms with E-state index in [1.807, 2.05) is 12.1 Å². The maximum Gasteiger partial charge on any atom is 0.308 e. The number of carboxylic acid groups (broad SMARTS) is 1. The highest BCUT2D eigenvalue weighted by atomic mass is 16.5. The molecule has 1 atom stereocenters. The molecule has 0 bridgehead atoms. The van der Waals surface area contributed by atoms with Crippen molar-refractivity contribution < 1.29 is 19.4 Å². The van der Waals surface area contributed by atoms with Crippen LogP contribution in [0, 0.1) is 5.92 Å². The number of aliphatic carboxylic acids is 1. The number of carboxylic acids is 1. The first-order valence-electron chi connectivity index (χ1n) is 7.38. The summed E-state index contributed by atoms with van der Waals surface area (Å²) in [4.78, 5) is 24.5. The highest BCUT2D eigenvalue weighted by Gasteiger charge is 2.30. The molecule has 1 heterocycles. The van der Waals surface area contributed by atoms with Gasteiger partial charge in [0, 0.05) is 13.1 Å². The van der Waals surface area contributed by atoms with E-state index in [9.17, 15) is 9.59 Å². The fourth-order valence-corrected chi connectivity index (χ4v) is 3.06. The SMILES string of the molecule is O=C(O)C1CCN(C(=O)COc2ccc3c(c2)CCC3)C1. The van der Waals surface area contributed by atoms with Crippen LogP contribution >= 0.6 is 0 Å². The number of nitrogens with zero attached hydrogens (tertiary/aromatic N) is 1. The number of carbonyl (C=O) groups excluding carboxylic acids is 1. The molecule has 0 spiro atoms. The standard InChI is InChI=1S/C16H19NO4/c18-15(17-7-6-13(9-17)16(19)20)10-21-14-5-4-11-2-1-3-12(11)8-14/h4-5,8,13H,1-3,6-7,9-10H2,(H,19,20). The lowest BCUT2D eigenvalue weighted by molar-refractivity contribution is -0.141. The molecule has 1 unspecified atom stereocenters. The number of fused-ring (bicyclic) bond motifs is 1. The molecule has 1 aliphatic heterocycles. The normalized spacial score (nSPS) is 20.4. The van der Waals surface area contributed by atoms with E-state index in [-0.39, 0.29) is 12.5 Å². The molecular formula is C16H19NO4. The Bertz CT molecular complexity index is 569. The van der Waals surface area contributed by atoms with E-state index in [2.05, 4.69) is 6.07 Å². The molecule has 1 fully saturated rings. The van der Waals surface area contributed by atoms with Crippen LogP contribution < -0.4 is 4.74 Å². The van der Waals surface area contributed by atoms with Crippen LogP contribution in [-0.2, 0) is 22.4 Å². The average Bonchev–Trinajstić information content (AvgIpc) is 3.12. The first-order valence-corrected chi connectivity index (χ1v) is 7.38. The van der Waals surface area contributed by atoms with Crippen LogP contribution in [0.25, 0.3) is 0 Å². The second-order valence-corrected chi connectivity index (χ2v) is 5.74. The molecule has 0 saturated carbocycles. The van der Waals surface area contributed by atoms with Gasteiger partial charge in [-0.25, -0.2) is 0 Å². The topological polar surface area (TPSA) is 66.8 Å². The monoisotopic (exact) mass is 289 g/mol. The second-order valence-electron chi connectivity index (χ2n) is 5.74. The number of hydrogen-bond acceptors (Lipinski definition) is 3. The van der Waals surface area contributed by atoms with Crippen LogP contribution in [0.5, 0.6) is 5.75 Å². The molecule has 2 aliphatic rings. The van der Waals surface area contributed by atoms with Gasteiger partial charge >= 0.3 is 5.97 Å². The molecule has 1 aromatic carbocycles. The first kappa shape index (κ1) is 13.9. The molecule has 1 aromatic rings. The zero-order valence-electron chi connectivity index (χ0n) is 11.9. The van der Waals surface area contributed by atoms with Crippen molar-refractivity contribution in [1.29, 1.82) is 0 Å². The number of benzene rings is 1. The van der Waals surface area contributed by atoms with E-state index in [1.54, 1.807) is 4.90 Å². The van der Waals surface area contributed by atoms with Crippen LogP contribution in [0.4, 0.5) is 0 Å². The van der Waals surface area contributed by atoms with Gasteiger partial charge in [-0.1, -0.05) is 6.07 Å². The Morgan fingerprint density at radius 2 is 2.10 bits per heavy atom. The van der Waals surface area contributed by atoms with Crippen molar-refractivity contribution in [2.75, 3.05) is 19.7 Å². The quantitative estimate of drug-likeness (QED) is 0.912. The van der Waals surface area contributed by atoms with E-state index < -0.39 is 11.9 Å². The Morgan fingerprint density at radius 1 is 1.29 bits per heavy atom. The summed E-state index contributed by atoms with van der Waals surface area (Å²) in [6, 6.07) is 5.99. The van der Waals surface area contributed by atoms with Gasteiger partial charge in [0.15, 0.2) is 6.61 Å². The summed E-state index contributed by atoms with van der Waals surface area (Å²) in [5, 5.41) is 8.94. The number of hydrogen-bond donors (Lipinski definition) is 1. The van der Waals surface area contributed by atoms with E-state index in [1.165, 1.54) is 17.5 Å². The molecule has 1 aliphatic carbocycles. The number of ether oxygens (including phenoxy) is 1. The summed E-state index contributed by atoms with van der Waals surface area (Å²) in [5.74, 6) is -0.684. The van der Waals surface area contributed by atoms with Crippen molar-refractivity contribution in [1.82, 2.24) is 4.90 Å². The number of rotatable bonds is 4. The zero-order valence-corrected chi connectivity index (χ0v) is 11.9. The molecule has 1 N–H and O–H groups in total. The minimum absolute atomic E-state index is 0.0227. The fourth-order valence-electron chi connectivity index (χ4n) is 3.06. The lowest BCUT2D eigenvalue weighted by atomic mass is 10.1. The van der Waals surface area contributed by atoms with E-state index in [4.69, 9.17) is 9.84 Å². The Balaban J connectivity index is 1.53. The first-order chi connectivity index (χ1) is 10.1. The van der Waals surface area contributed by atoms with Crippen LogP contribution in [-0.4, -0.2) is 41.6 Å². The van der Waals surface area contributed by atoms with Crippen LogP contribution in [0.15, 0.2) is 18.2 Å². The third-order valence-electron chi connectivity index (χ3n) is 4.32. The minimum atomic E-state index is -0.829. The van der Waals surface area contributed by atoms with Gasteiger partial charge < -0.3 is 14.7 Å². The summed E-state index contributed by atoms with van der Waals surface area (Å²) in [6.07, 6.45) is 3.91. The van der Waals surface area contributed by atoms with Gasteiger partial charge in [-0.15, -0.1) is 0 Å². The molecule has 112 valence electrons. The lowest BCUT2D eigenvalue weighted by Gasteiger charge is -2.16. The van der Waals surface area contributed by atoms with Crippen molar-refractivity contribution >= 4 is 11.9 Å². The maximum atomic E-state index is 12.0. The Labute approximate surface area is 123 Å². The summed E-state index contributed by atoms with van der Waals surface area (Å²) in [7, 11) is 0.